The zero-order valence-corrected chi connectivity index (χ0v) is 13.2. The standard InChI is InChI=1S/C18H31NO/c1-3-4-5-7-12-18(16-19-13-14-20-2)15-17-10-8-6-9-11-17/h6,8-11,18-19H,3-5,7,12-16H2,1-2H3. The van der Waals surface area contributed by atoms with Crippen molar-refractivity contribution in [1.29, 1.82) is 0 Å². The maximum Gasteiger partial charge on any atom is 0.0587 e. The predicted molar refractivity (Wildman–Crippen MR) is 87.1 cm³/mol. The van der Waals surface area contributed by atoms with Crippen LogP contribution in [0.25, 0.3) is 0 Å². The van der Waals surface area contributed by atoms with Crippen molar-refractivity contribution < 1.29 is 4.74 Å². The largest absolute Gasteiger partial charge is 0.383 e. The Morgan fingerprint density at radius 2 is 1.90 bits per heavy atom. The number of ether oxygens (including phenoxy) is 1. The van der Waals surface area contributed by atoms with Crippen molar-refractivity contribution in [3.63, 3.8) is 0 Å². The summed E-state index contributed by atoms with van der Waals surface area (Å²) in [5, 5.41) is 3.52. The Hall–Kier alpha value is -0.860. The molecule has 0 radical (unpaired) electrons. The first-order valence-electron chi connectivity index (χ1n) is 8.10. The molecule has 2 heteroatoms. The molecule has 1 unspecified atom stereocenters. The van der Waals surface area contributed by atoms with E-state index in [2.05, 4.69) is 42.6 Å². The van der Waals surface area contributed by atoms with Gasteiger partial charge in [0.15, 0.2) is 0 Å². The second kappa shape index (κ2) is 11.9. The Kier molecular flexibility index (Phi) is 10.3. The van der Waals surface area contributed by atoms with Gasteiger partial charge in [0, 0.05) is 13.7 Å². The van der Waals surface area contributed by atoms with Crippen LogP contribution in [0.1, 0.15) is 44.6 Å². The van der Waals surface area contributed by atoms with E-state index >= 15 is 0 Å². The lowest BCUT2D eigenvalue weighted by molar-refractivity contribution is 0.197. The summed E-state index contributed by atoms with van der Waals surface area (Å²) in [5.41, 5.74) is 1.46. The number of rotatable bonds is 12. The van der Waals surface area contributed by atoms with E-state index in [-0.39, 0.29) is 0 Å². The molecule has 0 spiro atoms. The molecular formula is C18H31NO. The third-order valence-corrected chi connectivity index (χ3v) is 3.75. The first-order chi connectivity index (χ1) is 9.86. The lowest BCUT2D eigenvalue weighted by Crippen LogP contribution is -2.27. The molecule has 0 bridgehead atoms. The van der Waals surface area contributed by atoms with Crippen LogP contribution in [0.4, 0.5) is 0 Å². The van der Waals surface area contributed by atoms with Crippen LogP contribution in [-0.2, 0) is 11.2 Å². The molecule has 0 saturated carbocycles. The highest BCUT2D eigenvalue weighted by atomic mass is 16.5. The van der Waals surface area contributed by atoms with Crippen LogP contribution in [-0.4, -0.2) is 26.8 Å². The molecule has 20 heavy (non-hydrogen) atoms. The number of hydrogen-bond donors (Lipinski definition) is 1. The number of methoxy groups -OCH3 is 1. The third-order valence-electron chi connectivity index (χ3n) is 3.75. The van der Waals surface area contributed by atoms with Crippen LogP contribution in [0.2, 0.25) is 0 Å². The summed E-state index contributed by atoms with van der Waals surface area (Å²) in [6, 6.07) is 10.9. The fraction of sp³-hybridized carbons (Fsp3) is 0.667. The highest BCUT2D eigenvalue weighted by Crippen LogP contribution is 2.16. The fourth-order valence-electron chi connectivity index (χ4n) is 2.56. The molecule has 0 amide bonds. The van der Waals surface area contributed by atoms with Crippen LogP contribution in [0.3, 0.4) is 0 Å². The molecule has 114 valence electrons. The van der Waals surface area contributed by atoms with E-state index in [1.165, 1.54) is 44.1 Å². The SMILES string of the molecule is CCCCCCC(CNCCOC)Cc1ccccc1. The average molecular weight is 277 g/mol. The summed E-state index contributed by atoms with van der Waals surface area (Å²) in [7, 11) is 1.76. The maximum absolute atomic E-state index is 5.09. The molecule has 1 N–H and O–H groups in total. The van der Waals surface area contributed by atoms with Crippen molar-refractivity contribution in [2.45, 2.75) is 45.4 Å². The van der Waals surface area contributed by atoms with E-state index in [1.807, 2.05) is 0 Å². The molecule has 1 atom stereocenters. The summed E-state index contributed by atoms with van der Waals surface area (Å²) in [6.07, 6.45) is 7.93. The summed E-state index contributed by atoms with van der Waals surface area (Å²) >= 11 is 0. The molecular weight excluding hydrogens is 246 g/mol. The molecule has 0 saturated heterocycles. The average Bonchev–Trinajstić information content (AvgIpc) is 2.49. The number of unbranched alkanes of at least 4 members (excludes halogenated alkanes) is 3. The Bertz CT molecular complexity index is 300. The molecule has 0 aliphatic rings. The van der Waals surface area contributed by atoms with Gasteiger partial charge in [0.2, 0.25) is 0 Å². The van der Waals surface area contributed by atoms with Crippen LogP contribution in [0, 0.1) is 5.92 Å². The minimum Gasteiger partial charge on any atom is -0.383 e. The van der Waals surface area contributed by atoms with Crippen LogP contribution >= 0.6 is 0 Å². The molecule has 0 aliphatic heterocycles. The normalized spacial score (nSPS) is 12.5. The lowest BCUT2D eigenvalue weighted by Gasteiger charge is -2.18. The molecule has 0 aromatic heterocycles. The Labute approximate surface area is 124 Å². The fourth-order valence-corrected chi connectivity index (χ4v) is 2.56. The van der Waals surface area contributed by atoms with Gasteiger partial charge in [-0.1, -0.05) is 62.9 Å². The van der Waals surface area contributed by atoms with Crippen molar-refractivity contribution in [3.8, 4) is 0 Å². The molecule has 1 rings (SSSR count). The van der Waals surface area contributed by atoms with Gasteiger partial charge in [-0.05, 0) is 30.9 Å². The minimum atomic E-state index is 0.742. The van der Waals surface area contributed by atoms with E-state index in [9.17, 15) is 0 Å². The zero-order chi connectivity index (χ0) is 14.5. The Morgan fingerprint density at radius 1 is 1.10 bits per heavy atom. The summed E-state index contributed by atoms with van der Waals surface area (Å²) in [6.45, 7) is 5.13. The van der Waals surface area contributed by atoms with Gasteiger partial charge in [-0.2, -0.15) is 0 Å². The zero-order valence-electron chi connectivity index (χ0n) is 13.2. The van der Waals surface area contributed by atoms with Crippen molar-refractivity contribution in [1.82, 2.24) is 5.32 Å². The van der Waals surface area contributed by atoms with Crippen molar-refractivity contribution in [2.24, 2.45) is 5.92 Å². The van der Waals surface area contributed by atoms with Gasteiger partial charge < -0.3 is 10.1 Å². The molecule has 0 fully saturated rings. The summed E-state index contributed by atoms with van der Waals surface area (Å²) in [5.74, 6) is 0.742. The van der Waals surface area contributed by atoms with Gasteiger partial charge in [0.1, 0.15) is 0 Å². The summed E-state index contributed by atoms with van der Waals surface area (Å²) < 4.78 is 5.09. The van der Waals surface area contributed by atoms with E-state index in [0.29, 0.717) is 0 Å². The predicted octanol–water partition coefficient (Wildman–Crippen LogP) is 4.05. The Morgan fingerprint density at radius 3 is 2.60 bits per heavy atom. The van der Waals surface area contributed by atoms with Gasteiger partial charge >= 0.3 is 0 Å². The van der Waals surface area contributed by atoms with E-state index in [1.54, 1.807) is 7.11 Å². The monoisotopic (exact) mass is 277 g/mol. The first-order valence-corrected chi connectivity index (χ1v) is 8.10. The minimum absolute atomic E-state index is 0.742. The van der Waals surface area contributed by atoms with Crippen LogP contribution in [0.15, 0.2) is 30.3 Å². The van der Waals surface area contributed by atoms with E-state index in [4.69, 9.17) is 4.74 Å². The second-order valence-electron chi connectivity index (χ2n) is 5.60. The van der Waals surface area contributed by atoms with E-state index < -0.39 is 0 Å². The maximum atomic E-state index is 5.09. The highest BCUT2D eigenvalue weighted by molar-refractivity contribution is 5.15. The van der Waals surface area contributed by atoms with Crippen molar-refractivity contribution >= 4 is 0 Å². The first kappa shape index (κ1) is 17.2. The highest BCUT2D eigenvalue weighted by Gasteiger charge is 2.09. The second-order valence-corrected chi connectivity index (χ2v) is 5.60. The topological polar surface area (TPSA) is 21.3 Å². The lowest BCUT2D eigenvalue weighted by atomic mass is 9.93. The van der Waals surface area contributed by atoms with Gasteiger partial charge in [-0.15, -0.1) is 0 Å². The Balaban J connectivity index is 2.33. The molecule has 1 aromatic carbocycles. The number of hydrogen-bond acceptors (Lipinski definition) is 2. The van der Waals surface area contributed by atoms with Crippen molar-refractivity contribution in [2.75, 3.05) is 26.8 Å². The molecule has 2 nitrogen and oxygen atoms in total. The van der Waals surface area contributed by atoms with Gasteiger partial charge in [0.25, 0.3) is 0 Å². The van der Waals surface area contributed by atoms with Crippen molar-refractivity contribution in [3.05, 3.63) is 35.9 Å². The number of benzene rings is 1. The summed E-state index contributed by atoms with van der Waals surface area (Å²) in [4.78, 5) is 0. The van der Waals surface area contributed by atoms with Gasteiger partial charge in [0.05, 0.1) is 6.61 Å². The van der Waals surface area contributed by atoms with E-state index in [0.717, 1.165) is 25.6 Å². The third kappa shape index (κ3) is 8.34. The quantitative estimate of drug-likeness (QED) is 0.582. The molecule has 0 aliphatic carbocycles. The smallest absolute Gasteiger partial charge is 0.0587 e. The van der Waals surface area contributed by atoms with Gasteiger partial charge in [-0.25, -0.2) is 0 Å². The van der Waals surface area contributed by atoms with Gasteiger partial charge in [-0.3, -0.25) is 0 Å². The van der Waals surface area contributed by atoms with Crippen LogP contribution < -0.4 is 5.32 Å². The van der Waals surface area contributed by atoms with Crippen LogP contribution in [0.5, 0.6) is 0 Å². The molecule has 1 aromatic rings. The molecule has 0 heterocycles. The number of nitrogens with one attached hydrogen (secondary N) is 1.